The predicted octanol–water partition coefficient (Wildman–Crippen LogP) is 4.01. The number of guanidine groups is 1. The fraction of sp³-hybridized carbons (Fsp3) is 0.611. The van der Waals surface area contributed by atoms with Crippen molar-refractivity contribution in [2.24, 2.45) is 12.0 Å². The van der Waals surface area contributed by atoms with E-state index in [4.69, 9.17) is 4.99 Å². The molecule has 2 aromatic rings. The van der Waals surface area contributed by atoms with Gasteiger partial charge in [-0.3, -0.25) is 0 Å². The maximum Gasteiger partial charge on any atom is 0.192 e. The van der Waals surface area contributed by atoms with Crippen molar-refractivity contribution in [2.45, 2.75) is 65.6 Å². The first-order chi connectivity index (χ1) is 12.1. The van der Waals surface area contributed by atoms with E-state index in [1.807, 2.05) is 18.5 Å². The van der Waals surface area contributed by atoms with Crippen LogP contribution in [-0.2, 0) is 20.1 Å². The first-order valence-electron chi connectivity index (χ1n) is 9.02. The van der Waals surface area contributed by atoms with Crippen LogP contribution in [0.5, 0.6) is 0 Å². The van der Waals surface area contributed by atoms with Crippen molar-refractivity contribution in [3.8, 4) is 0 Å². The highest BCUT2D eigenvalue weighted by Gasteiger charge is 2.08. The summed E-state index contributed by atoms with van der Waals surface area (Å²) in [5.74, 6) is 2.60. The molecule has 0 bridgehead atoms. The molecular formula is C18H31IN6S. The molecular weight excluding hydrogens is 459 g/mol. The highest BCUT2D eigenvalue weighted by Crippen LogP contribution is 2.08. The van der Waals surface area contributed by atoms with Crippen molar-refractivity contribution in [3.63, 3.8) is 0 Å². The third-order valence-electron chi connectivity index (χ3n) is 4.20. The van der Waals surface area contributed by atoms with E-state index < -0.39 is 0 Å². The van der Waals surface area contributed by atoms with Crippen molar-refractivity contribution in [1.29, 1.82) is 0 Å². The van der Waals surface area contributed by atoms with Crippen LogP contribution in [0.3, 0.4) is 0 Å². The zero-order valence-electron chi connectivity index (χ0n) is 16.2. The average Bonchev–Trinajstić information content (AvgIpc) is 3.22. The number of thiophene rings is 1. The molecule has 146 valence electrons. The minimum atomic E-state index is 0. The first kappa shape index (κ1) is 22.9. The SMILES string of the molecule is CCCCCC(C)NC(=NCc1nnc(C)n1C)NCc1cccs1.I. The zero-order valence-corrected chi connectivity index (χ0v) is 19.3. The summed E-state index contributed by atoms with van der Waals surface area (Å²) in [5, 5.41) is 17.3. The van der Waals surface area contributed by atoms with E-state index >= 15 is 0 Å². The molecule has 0 saturated carbocycles. The molecule has 0 radical (unpaired) electrons. The largest absolute Gasteiger partial charge is 0.354 e. The quantitative estimate of drug-likeness (QED) is 0.241. The number of hydrogen-bond acceptors (Lipinski definition) is 4. The smallest absolute Gasteiger partial charge is 0.192 e. The van der Waals surface area contributed by atoms with Crippen molar-refractivity contribution in [2.75, 3.05) is 0 Å². The van der Waals surface area contributed by atoms with Gasteiger partial charge in [-0.1, -0.05) is 32.3 Å². The summed E-state index contributed by atoms with van der Waals surface area (Å²) < 4.78 is 1.98. The Hall–Kier alpha value is -1.16. The molecule has 6 nitrogen and oxygen atoms in total. The molecule has 0 aliphatic heterocycles. The second-order valence-corrected chi connectivity index (χ2v) is 7.39. The number of nitrogens with zero attached hydrogens (tertiary/aromatic N) is 4. The van der Waals surface area contributed by atoms with Crippen LogP contribution >= 0.6 is 35.3 Å². The molecule has 2 heterocycles. The number of nitrogens with one attached hydrogen (secondary N) is 2. The summed E-state index contributed by atoms with van der Waals surface area (Å²) in [6, 6.07) is 4.59. The molecule has 0 fully saturated rings. The van der Waals surface area contributed by atoms with Gasteiger partial charge >= 0.3 is 0 Å². The molecule has 1 unspecified atom stereocenters. The van der Waals surface area contributed by atoms with Gasteiger partial charge in [-0.2, -0.15) is 0 Å². The van der Waals surface area contributed by atoms with Gasteiger partial charge in [0.25, 0.3) is 0 Å². The van der Waals surface area contributed by atoms with Crippen molar-refractivity contribution < 1.29 is 0 Å². The van der Waals surface area contributed by atoms with E-state index in [1.165, 1.54) is 24.1 Å². The zero-order chi connectivity index (χ0) is 18.1. The summed E-state index contributed by atoms with van der Waals surface area (Å²) in [5.41, 5.74) is 0. The number of rotatable bonds is 9. The van der Waals surface area contributed by atoms with Gasteiger partial charge in [0.2, 0.25) is 0 Å². The van der Waals surface area contributed by atoms with Crippen molar-refractivity contribution >= 4 is 41.3 Å². The number of aryl methyl sites for hydroxylation is 1. The lowest BCUT2D eigenvalue weighted by Crippen LogP contribution is -2.42. The van der Waals surface area contributed by atoms with Gasteiger partial charge in [-0.05, 0) is 31.7 Å². The fourth-order valence-corrected chi connectivity index (χ4v) is 3.13. The van der Waals surface area contributed by atoms with Crippen LogP contribution in [0.1, 0.15) is 56.1 Å². The molecule has 2 aromatic heterocycles. The topological polar surface area (TPSA) is 67.1 Å². The van der Waals surface area contributed by atoms with Gasteiger partial charge in [0.05, 0.1) is 6.54 Å². The number of hydrogen-bond donors (Lipinski definition) is 2. The summed E-state index contributed by atoms with van der Waals surface area (Å²) in [4.78, 5) is 6.01. The summed E-state index contributed by atoms with van der Waals surface area (Å²) in [7, 11) is 1.97. The second-order valence-electron chi connectivity index (χ2n) is 6.36. The Bertz CT molecular complexity index is 653. The summed E-state index contributed by atoms with van der Waals surface area (Å²) in [6.45, 7) is 7.69. The molecule has 8 heteroatoms. The van der Waals surface area contributed by atoms with E-state index in [1.54, 1.807) is 11.3 Å². The molecule has 0 spiro atoms. The van der Waals surface area contributed by atoms with Crippen LogP contribution in [0.2, 0.25) is 0 Å². The van der Waals surface area contributed by atoms with Crippen LogP contribution in [0.25, 0.3) is 0 Å². The minimum absolute atomic E-state index is 0. The molecule has 0 saturated heterocycles. The maximum absolute atomic E-state index is 4.71. The standard InChI is InChI=1S/C18H30N6S.HI/c1-5-6-7-9-14(2)21-18(19-12-16-10-8-11-25-16)20-13-17-23-22-15(3)24(17)4;/h8,10-11,14H,5-7,9,12-13H2,1-4H3,(H2,19,20,21);1H. The lowest BCUT2D eigenvalue weighted by atomic mass is 10.1. The highest BCUT2D eigenvalue weighted by atomic mass is 127. The Labute approximate surface area is 177 Å². The maximum atomic E-state index is 4.71. The predicted molar refractivity (Wildman–Crippen MR) is 120 cm³/mol. The van der Waals surface area contributed by atoms with Crippen LogP contribution in [-0.4, -0.2) is 26.8 Å². The Morgan fingerprint density at radius 3 is 2.77 bits per heavy atom. The molecule has 1 atom stereocenters. The molecule has 26 heavy (non-hydrogen) atoms. The fourth-order valence-electron chi connectivity index (χ4n) is 2.48. The lowest BCUT2D eigenvalue weighted by molar-refractivity contribution is 0.545. The van der Waals surface area contributed by atoms with E-state index in [9.17, 15) is 0 Å². The second kappa shape index (κ2) is 12.3. The van der Waals surface area contributed by atoms with Gasteiger partial charge in [0.1, 0.15) is 12.4 Å². The Morgan fingerprint density at radius 2 is 2.15 bits per heavy atom. The van der Waals surface area contributed by atoms with Crippen LogP contribution in [0, 0.1) is 6.92 Å². The van der Waals surface area contributed by atoms with Gasteiger partial charge in [-0.15, -0.1) is 45.5 Å². The number of aromatic nitrogens is 3. The van der Waals surface area contributed by atoms with Crippen LogP contribution in [0.4, 0.5) is 0 Å². The normalized spacial score (nSPS) is 12.5. The Kier molecular flexibility index (Phi) is 10.8. The van der Waals surface area contributed by atoms with Crippen molar-refractivity contribution in [1.82, 2.24) is 25.4 Å². The van der Waals surface area contributed by atoms with Crippen molar-refractivity contribution in [3.05, 3.63) is 34.0 Å². The van der Waals surface area contributed by atoms with Crippen LogP contribution < -0.4 is 10.6 Å². The molecule has 0 aliphatic rings. The monoisotopic (exact) mass is 490 g/mol. The van der Waals surface area contributed by atoms with Crippen LogP contribution in [0.15, 0.2) is 22.5 Å². The molecule has 2 N–H and O–H groups in total. The number of halogens is 1. The summed E-state index contributed by atoms with van der Waals surface area (Å²) in [6.07, 6.45) is 4.91. The van der Waals surface area contributed by atoms with Gasteiger partial charge in [0, 0.05) is 18.0 Å². The van der Waals surface area contributed by atoms with E-state index in [0.717, 1.165) is 30.6 Å². The van der Waals surface area contributed by atoms with Gasteiger partial charge < -0.3 is 15.2 Å². The summed E-state index contributed by atoms with van der Waals surface area (Å²) >= 11 is 1.75. The molecule has 0 amide bonds. The van der Waals surface area contributed by atoms with Gasteiger partial charge in [-0.25, -0.2) is 4.99 Å². The van der Waals surface area contributed by atoms with Gasteiger partial charge in [0.15, 0.2) is 11.8 Å². The first-order valence-corrected chi connectivity index (χ1v) is 9.90. The third-order valence-corrected chi connectivity index (χ3v) is 5.07. The molecule has 2 rings (SSSR count). The average molecular weight is 490 g/mol. The Morgan fingerprint density at radius 1 is 1.35 bits per heavy atom. The third kappa shape index (κ3) is 7.61. The van der Waals surface area contributed by atoms with E-state index in [0.29, 0.717) is 12.6 Å². The van der Waals surface area contributed by atoms with E-state index in [-0.39, 0.29) is 24.0 Å². The Balaban J connectivity index is 0.00000338. The number of unbranched alkanes of at least 4 members (excludes halogenated alkanes) is 2. The lowest BCUT2D eigenvalue weighted by Gasteiger charge is -2.18. The highest BCUT2D eigenvalue weighted by molar-refractivity contribution is 14.0. The minimum Gasteiger partial charge on any atom is -0.354 e. The molecule has 0 aromatic carbocycles. The van der Waals surface area contributed by atoms with E-state index in [2.05, 4.69) is 52.2 Å². The molecule has 0 aliphatic carbocycles. The number of aliphatic imine (C=N–C) groups is 1.